The maximum Gasteiger partial charge on any atom is 0.0883 e. The Morgan fingerprint density at radius 2 is 1.67 bits per heavy atom. The van der Waals surface area contributed by atoms with Gasteiger partial charge in [0.05, 0.1) is 16.1 Å². The minimum Gasteiger partial charge on any atom is -0.359 e. The van der Waals surface area contributed by atoms with Crippen molar-refractivity contribution in [2.75, 3.05) is 0 Å². The molecule has 2 aromatic rings. The standard InChI is InChI=1S/C26H36ClN3/c1-3-5-6-7-8-9-10-11-12-13-21-14-15-22(29-21)17-23-18-24(27)26(30-23)25-16-20(4-2)19-28-25/h14-19,29-30H,3-13H2,1-2H3. The molecule has 0 aromatic carbocycles. The number of nitrogens with zero attached hydrogens (tertiary/aromatic N) is 1. The molecule has 3 heterocycles. The summed E-state index contributed by atoms with van der Waals surface area (Å²) in [5.41, 5.74) is 4.56. The molecule has 3 rings (SSSR count). The maximum absolute atomic E-state index is 6.45. The molecule has 0 unspecified atom stereocenters. The number of hydrogen-bond donors (Lipinski definition) is 2. The van der Waals surface area contributed by atoms with E-state index in [1.54, 1.807) is 0 Å². The third-order valence-electron chi connectivity index (χ3n) is 5.78. The van der Waals surface area contributed by atoms with E-state index < -0.39 is 0 Å². The number of hydrogen-bond acceptors (Lipinski definition) is 1. The molecule has 162 valence electrons. The largest absolute Gasteiger partial charge is 0.359 e. The van der Waals surface area contributed by atoms with E-state index in [9.17, 15) is 0 Å². The quantitative estimate of drug-likeness (QED) is 0.368. The third-order valence-corrected chi connectivity index (χ3v) is 6.07. The lowest BCUT2D eigenvalue weighted by molar-refractivity contribution is 0.564. The van der Waals surface area contributed by atoms with Gasteiger partial charge in [-0.25, -0.2) is 0 Å². The molecule has 3 nitrogen and oxygen atoms in total. The summed E-state index contributed by atoms with van der Waals surface area (Å²) >= 11 is 6.45. The molecule has 0 saturated carbocycles. The van der Waals surface area contributed by atoms with Crippen LogP contribution in [-0.2, 0) is 6.42 Å². The van der Waals surface area contributed by atoms with Gasteiger partial charge in [0.2, 0.25) is 0 Å². The molecule has 4 heteroatoms. The fraction of sp³-hybridized carbons (Fsp3) is 0.500. The number of aryl methyl sites for hydroxylation is 1. The van der Waals surface area contributed by atoms with E-state index >= 15 is 0 Å². The first kappa shape index (κ1) is 22.7. The highest BCUT2D eigenvalue weighted by Crippen LogP contribution is 2.15. The second-order valence-corrected chi connectivity index (χ2v) is 8.73. The zero-order chi connectivity index (χ0) is 21.2. The first-order valence-electron chi connectivity index (χ1n) is 11.7. The minimum atomic E-state index is 0.712. The summed E-state index contributed by atoms with van der Waals surface area (Å²) in [4.78, 5) is 11.4. The average molecular weight is 426 g/mol. The van der Waals surface area contributed by atoms with Gasteiger partial charge in [0.1, 0.15) is 0 Å². The molecule has 0 aliphatic carbocycles. The third kappa shape index (κ3) is 6.77. The van der Waals surface area contributed by atoms with E-state index in [2.05, 4.69) is 53.1 Å². The number of unbranched alkanes of at least 4 members (excludes halogenated alkanes) is 8. The zero-order valence-electron chi connectivity index (χ0n) is 18.6. The first-order valence-corrected chi connectivity index (χ1v) is 12.1. The summed E-state index contributed by atoms with van der Waals surface area (Å²) in [7, 11) is 0. The molecule has 0 bridgehead atoms. The van der Waals surface area contributed by atoms with Gasteiger partial charge in [-0.3, -0.25) is 4.99 Å². The number of allylic oxidation sites excluding steroid dienone is 1. The molecule has 1 aliphatic rings. The normalized spacial score (nSPS) is 16.0. The van der Waals surface area contributed by atoms with Gasteiger partial charge >= 0.3 is 0 Å². The summed E-state index contributed by atoms with van der Waals surface area (Å²) < 4.78 is 0. The van der Waals surface area contributed by atoms with Crippen LogP contribution in [0.4, 0.5) is 0 Å². The molecular formula is C26H36ClN3. The molecule has 0 atom stereocenters. The highest BCUT2D eigenvalue weighted by Gasteiger charge is 2.06. The summed E-state index contributed by atoms with van der Waals surface area (Å²) in [6, 6.07) is 6.32. The fourth-order valence-electron chi connectivity index (χ4n) is 3.93. The number of rotatable bonds is 12. The number of aliphatic imine (C=N–C) groups is 1. The van der Waals surface area contributed by atoms with Crippen molar-refractivity contribution in [1.82, 2.24) is 9.97 Å². The van der Waals surface area contributed by atoms with Crippen LogP contribution < -0.4 is 10.7 Å². The van der Waals surface area contributed by atoms with Gasteiger partial charge in [0, 0.05) is 23.0 Å². The number of aromatic amines is 2. The number of halogens is 1. The zero-order valence-corrected chi connectivity index (χ0v) is 19.3. The monoisotopic (exact) mass is 425 g/mol. The van der Waals surface area contributed by atoms with Crippen LogP contribution in [-0.4, -0.2) is 16.2 Å². The van der Waals surface area contributed by atoms with E-state index in [1.165, 1.54) is 69.1 Å². The van der Waals surface area contributed by atoms with Crippen LogP contribution in [0.2, 0.25) is 5.02 Å². The van der Waals surface area contributed by atoms with Crippen molar-refractivity contribution in [3.63, 3.8) is 0 Å². The molecule has 2 aromatic heterocycles. The van der Waals surface area contributed by atoms with E-state index in [4.69, 9.17) is 11.6 Å². The maximum atomic E-state index is 6.45. The topological polar surface area (TPSA) is 43.9 Å². The molecule has 2 N–H and O–H groups in total. The van der Waals surface area contributed by atoms with Gasteiger partial charge in [0.25, 0.3) is 0 Å². The van der Waals surface area contributed by atoms with Crippen LogP contribution in [0.1, 0.15) is 89.4 Å². The summed E-state index contributed by atoms with van der Waals surface area (Å²) in [5, 5.41) is 2.60. The van der Waals surface area contributed by atoms with Crippen molar-refractivity contribution in [3.05, 3.63) is 57.0 Å². The molecule has 0 saturated heterocycles. The Morgan fingerprint density at radius 1 is 0.933 bits per heavy atom. The Labute approximate surface area is 186 Å². The second-order valence-electron chi connectivity index (χ2n) is 8.33. The highest BCUT2D eigenvalue weighted by atomic mass is 35.5. The van der Waals surface area contributed by atoms with E-state index in [0.29, 0.717) is 5.02 Å². The van der Waals surface area contributed by atoms with Gasteiger partial charge in [-0.15, -0.1) is 0 Å². The van der Waals surface area contributed by atoms with Crippen molar-refractivity contribution < 1.29 is 0 Å². The summed E-state index contributed by atoms with van der Waals surface area (Å²) in [5.74, 6) is 0. The molecule has 1 aliphatic heterocycles. The summed E-state index contributed by atoms with van der Waals surface area (Å²) in [6.45, 7) is 4.41. The van der Waals surface area contributed by atoms with Crippen LogP contribution in [0.15, 0.2) is 34.8 Å². The predicted octanol–water partition coefficient (Wildman–Crippen LogP) is 6.43. The molecule has 0 fully saturated rings. The van der Waals surface area contributed by atoms with Crippen LogP contribution in [0.25, 0.3) is 11.8 Å². The van der Waals surface area contributed by atoms with E-state index in [0.717, 1.165) is 34.9 Å². The highest BCUT2D eigenvalue weighted by molar-refractivity contribution is 6.30. The number of nitrogens with one attached hydrogen (secondary N) is 2. The Kier molecular flexibility index (Phi) is 9.07. The predicted molar refractivity (Wildman–Crippen MR) is 131 cm³/mol. The molecule has 30 heavy (non-hydrogen) atoms. The van der Waals surface area contributed by atoms with Crippen molar-refractivity contribution in [2.45, 2.75) is 84.5 Å². The first-order chi connectivity index (χ1) is 14.7. The Balaban J connectivity index is 1.50. The van der Waals surface area contributed by atoms with Crippen molar-refractivity contribution in [2.24, 2.45) is 4.99 Å². The smallest absolute Gasteiger partial charge is 0.0883 e. The van der Waals surface area contributed by atoms with Gasteiger partial charge in [-0.05, 0) is 55.2 Å². The lowest BCUT2D eigenvalue weighted by atomic mass is 10.1. The van der Waals surface area contributed by atoms with Crippen LogP contribution in [0.3, 0.4) is 0 Å². The molecular weight excluding hydrogens is 390 g/mol. The molecule has 0 radical (unpaired) electrons. The number of H-pyrrole nitrogens is 2. The van der Waals surface area contributed by atoms with Crippen LogP contribution >= 0.6 is 11.6 Å². The van der Waals surface area contributed by atoms with E-state index in [1.807, 2.05) is 12.3 Å². The van der Waals surface area contributed by atoms with Gasteiger partial charge in [0.15, 0.2) is 0 Å². The van der Waals surface area contributed by atoms with Crippen molar-refractivity contribution >= 4 is 29.6 Å². The second kappa shape index (κ2) is 12.0. The van der Waals surface area contributed by atoms with Crippen LogP contribution in [0.5, 0.6) is 0 Å². The average Bonchev–Trinajstić information content (AvgIpc) is 3.47. The Bertz CT molecular complexity index is 974. The van der Waals surface area contributed by atoms with E-state index in [-0.39, 0.29) is 0 Å². The fourth-order valence-corrected chi connectivity index (χ4v) is 4.19. The van der Waals surface area contributed by atoms with Crippen LogP contribution in [0, 0.1) is 0 Å². The lowest BCUT2D eigenvalue weighted by Gasteiger charge is -2.01. The van der Waals surface area contributed by atoms with Gasteiger partial charge < -0.3 is 9.97 Å². The molecule has 0 amide bonds. The van der Waals surface area contributed by atoms with Crippen molar-refractivity contribution in [3.8, 4) is 0 Å². The Morgan fingerprint density at radius 3 is 2.37 bits per heavy atom. The van der Waals surface area contributed by atoms with Gasteiger partial charge in [-0.1, -0.05) is 76.8 Å². The lowest BCUT2D eigenvalue weighted by Crippen LogP contribution is -2.12. The molecule has 0 spiro atoms. The van der Waals surface area contributed by atoms with Gasteiger partial charge in [-0.2, -0.15) is 0 Å². The Hall–Kier alpha value is -2.00. The number of aromatic nitrogens is 2. The summed E-state index contributed by atoms with van der Waals surface area (Å²) in [6.07, 6.45) is 20.5. The SMILES string of the molecule is CCCCCCCCCCCc1ccc(C=c2cc(Cl)c(=C3C=C(CC)C=N3)[nH]2)[nH]1. The van der Waals surface area contributed by atoms with Crippen molar-refractivity contribution in [1.29, 1.82) is 0 Å². The minimum absolute atomic E-state index is 0.712.